The fourth-order valence-corrected chi connectivity index (χ4v) is 5.18. The first-order chi connectivity index (χ1) is 15.5. The molecule has 0 saturated heterocycles. The number of aryl methyl sites for hydroxylation is 1. The molecule has 3 aromatic carbocycles. The Morgan fingerprint density at radius 1 is 1.12 bits per heavy atom. The van der Waals surface area contributed by atoms with Crippen molar-refractivity contribution in [2.75, 3.05) is 0 Å². The van der Waals surface area contributed by atoms with E-state index in [1.165, 1.54) is 0 Å². The molecule has 2 aliphatic rings. The first-order valence-electron chi connectivity index (χ1n) is 9.99. The van der Waals surface area contributed by atoms with E-state index >= 15 is 0 Å². The first kappa shape index (κ1) is 18.7. The number of hydrogen-bond donors (Lipinski definition) is 1. The van der Waals surface area contributed by atoms with Crippen LogP contribution >= 0.6 is 11.6 Å². The van der Waals surface area contributed by atoms with Crippen LogP contribution in [-0.2, 0) is 5.41 Å². The first-order valence-corrected chi connectivity index (χ1v) is 10.4. The minimum absolute atomic E-state index is 0.0810. The highest BCUT2D eigenvalue weighted by atomic mass is 35.5. The van der Waals surface area contributed by atoms with E-state index in [0.717, 1.165) is 16.3 Å². The van der Waals surface area contributed by atoms with Gasteiger partial charge in [-0.25, -0.2) is 4.68 Å². The molecule has 2 heterocycles. The number of allylic oxidation sites excluding steroid dienone is 1. The Kier molecular flexibility index (Phi) is 3.63. The van der Waals surface area contributed by atoms with E-state index < -0.39 is 5.41 Å². The summed E-state index contributed by atoms with van der Waals surface area (Å²) in [6, 6.07) is 20.6. The number of nitriles is 1. The van der Waals surface area contributed by atoms with Gasteiger partial charge in [0.2, 0.25) is 11.8 Å². The Bertz CT molecular complexity index is 1550. The van der Waals surface area contributed by atoms with Crippen LogP contribution < -0.4 is 10.5 Å². The maximum atomic E-state index is 14.1. The smallest absolute Gasteiger partial charge is 0.229 e. The van der Waals surface area contributed by atoms with Gasteiger partial charge in [-0.1, -0.05) is 48.0 Å². The fraction of sp³-hybridized carbons (Fsp3) is 0.0800. The van der Waals surface area contributed by atoms with Crippen LogP contribution in [0.4, 0.5) is 0 Å². The van der Waals surface area contributed by atoms with Crippen LogP contribution in [0.3, 0.4) is 0 Å². The molecule has 6 nitrogen and oxygen atoms in total. The highest BCUT2D eigenvalue weighted by Gasteiger charge is 2.58. The molecule has 0 fully saturated rings. The molecule has 154 valence electrons. The Morgan fingerprint density at radius 2 is 1.84 bits per heavy atom. The van der Waals surface area contributed by atoms with Crippen LogP contribution in [0.5, 0.6) is 5.88 Å². The highest BCUT2D eigenvalue weighted by Crippen LogP contribution is 2.56. The van der Waals surface area contributed by atoms with Gasteiger partial charge >= 0.3 is 0 Å². The normalized spacial score (nSPS) is 18.7. The number of rotatable bonds is 1. The Balaban J connectivity index is 1.75. The van der Waals surface area contributed by atoms with Crippen molar-refractivity contribution in [2.45, 2.75) is 12.3 Å². The third-order valence-electron chi connectivity index (χ3n) is 6.30. The zero-order valence-electron chi connectivity index (χ0n) is 16.9. The van der Waals surface area contributed by atoms with Crippen molar-refractivity contribution < 1.29 is 9.53 Å². The quantitative estimate of drug-likeness (QED) is 0.470. The SMILES string of the molecule is Cc1nn(-c2ccc(Cl)cc2)c2c1C1(C(=O)c3cccc4cccc1c34)C(C#N)=C(N)O2. The minimum Gasteiger partial charge on any atom is -0.422 e. The summed E-state index contributed by atoms with van der Waals surface area (Å²) in [6.45, 7) is 1.81. The van der Waals surface area contributed by atoms with E-state index in [0.29, 0.717) is 33.4 Å². The lowest BCUT2D eigenvalue weighted by molar-refractivity contribution is 0.0936. The Labute approximate surface area is 188 Å². The second kappa shape index (κ2) is 6.22. The number of halogens is 1. The zero-order valence-corrected chi connectivity index (χ0v) is 17.6. The van der Waals surface area contributed by atoms with E-state index in [1.54, 1.807) is 35.0 Å². The molecule has 6 rings (SSSR count). The summed E-state index contributed by atoms with van der Waals surface area (Å²) < 4.78 is 7.55. The van der Waals surface area contributed by atoms with Crippen molar-refractivity contribution in [1.82, 2.24) is 9.78 Å². The average Bonchev–Trinajstić information content (AvgIpc) is 3.24. The van der Waals surface area contributed by atoms with Crippen LogP contribution in [0.15, 0.2) is 72.1 Å². The van der Waals surface area contributed by atoms with Gasteiger partial charge in [0.15, 0.2) is 5.78 Å². The maximum Gasteiger partial charge on any atom is 0.229 e. The molecule has 1 unspecified atom stereocenters. The molecule has 1 aliphatic heterocycles. The van der Waals surface area contributed by atoms with Crippen LogP contribution in [0.2, 0.25) is 5.02 Å². The number of carbonyl (C=O) groups excluding carboxylic acids is 1. The molecule has 0 radical (unpaired) electrons. The van der Waals surface area contributed by atoms with Crippen molar-refractivity contribution >= 4 is 28.2 Å². The summed E-state index contributed by atoms with van der Waals surface area (Å²) >= 11 is 6.05. The van der Waals surface area contributed by atoms with E-state index in [-0.39, 0.29) is 17.2 Å². The molecule has 32 heavy (non-hydrogen) atoms. The largest absolute Gasteiger partial charge is 0.422 e. The van der Waals surface area contributed by atoms with Gasteiger partial charge < -0.3 is 10.5 Å². The van der Waals surface area contributed by atoms with Crippen molar-refractivity contribution in [1.29, 1.82) is 5.26 Å². The minimum atomic E-state index is -1.41. The number of ketones is 1. The predicted octanol–water partition coefficient (Wildman–Crippen LogP) is 4.56. The third kappa shape index (κ3) is 2.08. The number of benzene rings is 3. The van der Waals surface area contributed by atoms with Crippen LogP contribution in [0, 0.1) is 18.3 Å². The fourth-order valence-electron chi connectivity index (χ4n) is 5.06. The van der Waals surface area contributed by atoms with E-state index in [2.05, 4.69) is 11.2 Å². The Hall–Kier alpha value is -4.08. The number of nitrogens with zero attached hydrogens (tertiary/aromatic N) is 3. The Morgan fingerprint density at radius 3 is 2.56 bits per heavy atom. The number of hydrogen-bond acceptors (Lipinski definition) is 5. The summed E-state index contributed by atoms with van der Waals surface area (Å²) in [7, 11) is 0. The van der Waals surface area contributed by atoms with Gasteiger partial charge in [0.05, 0.1) is 16.9 Å². The zero-order chi connectivity index (χ0) is 22.2. The van der Waals surface area contributed by atoms with Gasteiger partial charge in [-0.2, -0.15) is 10.4 Å². The number of Topliss-reactive ketones (excluding diaryl/α,β-unsaturated/α-hetero) is 1. The number of nitrogens with two attached hydrogens (primary N) is 1. The van der Waals surface area contributed by atoms with Crippen LogP contribution in [0.1, 0.15) is 27.2 Å². The van der Waals surface area contributed by atoms with Crippen LogP contribution in [0.25, 0.3) is 16.5 Å². The summed E-state index contributed by atoms with van der Waals surface area (Å²) in [6.07, 6.45) is 0. The van der Waals surface area contributed by atoms with Gasteiger partial charge in [-0.05, 0) is 47.5 Å². The summed E-state index contributed by atoms with van der Waals surface area (Å²) in [5, 5.41) is 17.2. The summed E-state index contributed by atoms with van der Waals surface area (Å²) in [5.74, 6) is 0.0138. The molecule has 0 saturated carbocycles. The number of carbonyl (C=O) groups is 1. The lowest BCUT2D eigenvalue weighted by Gasteiger charge is -2.33. The maximum absolute atomic E-state index is 14.1. The second-order valence-electron chi connectivity index (χ2n) is 7.90. The lowest BCUT2D eigenvalue weighted by atomic mass is 9.68. The van der Waals surface area contributed by atoms with Gasteiger partial charge in [-0.15, -0.1) is 0 Å². The van der Waals surface area contributed by atoms with E-state index in [1.807, 2.05) is 37.3 Å². The molecule has 2 N–H and O–H groups in total. The standard InChI is InChI=1S/C25H15ClN4O2/c1-13-21-24(30(29-13)16-10-8-15(26)9-11-16)32-23(28)19(12-27)25(21)18-7-3-5-14-4-2-6-17(20(14)18)22(25)31/h2-11H,28H2,1H3. The van der Waals surface area contributed by atoms with Crippen molar-refractivity contribution in [2.24, 2.45) is 5.73 Å². The van der Waals surface area contributed by atoms with Gasteiger partial charge in [0, 0.05) is 10.6 Å². The lowest BCUT2D eigenvalue weighted by Crippen LogP contribution is -2.41. The van der Waals surface area contributed by atoms with Gasteiger partial charge in [0.1, 0.15) is 17.1 Å². The van der Waals surface area contributed by atoms with Gasteiger partial charge in [0.25, 0.3) is 0 Å². The molecule has 7 heteroatoms. The van der Waals surface area contributed by atoms with Crippen molar-refractivity contribution in [3.05, 3.63) is 99.5 Å². The topological polar surface area (TPSA) is 93.9 Å². The van der Waals surface area contributed by atoms with E-state index in [9.17, 15) is 10.1 Å². The third-order valence-corrected chi connectivity index (χ3v) is 6.55. The average molecular weight is 439 g/mol. The molecule has 0 bridgehead atoms. The van der Waals surface area contributed by atoms with E-state index in [4.69, 9.17) is 22.1 Å². The summed E-state index contributed by atoms with van der Waals surface area (Å²) in [5.41, 5.74) is 8.04. The molecule has 1 spiro atoms. The molecule has 1 aromatic heterocycles. The number of ether oxygens (including phenoxy) is 1. The monoisotopic (exact) mass is 438 g/mol. The predicted molar refractivity (Wildman–Crippen MR) is 120 cm³/mol. The molecule has 1 atom stereocenters. The molecular weight excluding hydrogens is 424 g/mol. The molecule has 4 aromatic rings. The number of fused-ring (bicyclic) bond motifs is 3. The number of aromatic nitrogens is 2. The second-order valence-corrected chi connectivity index (χ2v) is 8.33. The van der Waals surface area contributed by atoms with Crippen molar-refractivity contribution in [3.63, 3.8) is 0 Å². The van der Waals surface area contributed by atoms with Crippen molar-refractivity contribution in [3.8, 4) is 17.6 Å². The molecular formula is C25H15ClN4O2. The highest BCUT2D eigenvalue weighted by molar-refractivity contribution is 6.30. The summed E-state index contributed by atoms with van der Waals surface area (Å²) in [4.78, 5) is 14.1. The van der Waals surface area contributed by atoms with Crippen LogP contribution in [-0.4, -0.2) is 15.6 Å². The molecule has 1 aliphatic carbocycles. The molecule has 0 amide bonds. The van der Waals surface area contributed by atoms with Gasteiger partial charge in [-0.3, -0.25) is 4.79 Å².